The molecule has 9 aromatic carbocycles. The van der Waals surface area contributed by atoms with E-state index in [1.165, 1.54) is 103 Å². The topological polar surface area (TPSA) is 4.93 Å². The van der Waals surface area contributed by atoms with Crippen molar-refractivity contribution in [3.05, 3.63) is 188 Å². The van der Waals surface area contributed by atoms with Gasteiger partial charge < -0.3 is 4.57 Å². The molecular formula is C50H31NS. The SMILES string of the molecule is c1ccc2cc(-c3ccc4cc(-c5ccc(-c6ccc7c(c6)c6ccccc6n7-c6ccc7sc8ccccc8c7c6)cc5)ccc4c3)ccc2c1. The van der Waals surface area contributed by atoms with Crippen molar-refractivity contribution in [1.29, 1.82) is 0 Å². The fourth-order valence-electron chi connectivity index (χ4n) is 8.11. The van der Waals surface area contributed by atoms with Crippen molar-refractivity contribution in [2.45, 2.75) is 0 Å². The number of fused-ring (bicyclic) bond motifs is 8. The van der Waals surface area contributed by atoms with Gasteiger partial charge in [-0.05, 0) is 116 Å². The summed E-state index contributed by atoms with van der Waals surface area (Å²) in [5, 5.41) is 10.2. The zero-order valence-corrected chi connectivity index (χ0v) is 29.1. The third-order valence-corrected chi connectivity index (χ3v) is 11.9. The average Bonchev–Trinajstić information content (AvgIpc) is 3.75. The fourth-order valence-corrected chi connectivity index (χ4v) is 9.20. The highest BCUT2D eigenvalue weighted by atomic mass is 32.1. The van der Waals surface area contributed by atoms with E-state index in [1.54, 1.807) is 0 Å². The minimum atomic E-state index is 1.19. The molecule has 0 unspecified atom stereocenters. The smallest absolute Gasteiger partial charge is 0.0541 e. The molecule has 2 aromatic heterocycles. The van der Waals surface area contributed by atoms with Crippen LogP contribution in [-0.2, 0) is 0 Å². The molecule has 0 fully saturated rings. The fraction of sp³-hybridized carbons (Fsp3) is 0. The van der Waals surface area contributed by atoms with Crippen LogP contribution >= 0.6 is 11.3 Å². The molecule has 0 aliphatic rings. The lowest BCUT2D eigenvalue weighted by Gasteiger charge is -2.10. The van der Waals surface area contributed by atoms with E-state index in [2.05, 4.69) is 193 Å². The molecule has 0 N–H and O–H groups in total. The third kappa shape index (κ3) is 4.69. The highest BCUT2D eigenvalue weighted by molar-refractivity contribution is 7.25. The zero-order valence-electron chi connectivity index (χ0n) is 28.3. The Labute approximate surface area is 305 Å². The van der Waals surface area contributed by atoms with E-state index in [0.717, 1.165) is 0 Å². The van der Waals surface area contributed by atoms with Crippen LogP contribution in [0.25, 0.3) is 103 Å². The molecule has 0 bridgehead atoms. The summed E-state index contributed by atoms with van der Waals surface area (Å²) >= 11 is 1.86. The molecule has 0 atom stereocenters. The molecular weight excluding hydrogens is 647 g/mol. The Kier molecular flexibility index (Phi) is 6.49. The summed E-state index contributed by atoms with van der Waals surface area (Å²) < 4.78 is 5.08. The van der Waals surface area contributed by atoms with Crippen molar-refractivity contribution >= 4 is 74.9 Å². The minimum Gasteiger partial charge on any atom is -0.309 e. The number of aromatic nitrogens is 1. The largest absolute Gasteiger partial charge is 0.309 e. The van der Waals surface area contributed by atoms with Crippen molar-refractivity contribution in [3.8, 4) is 39.1 Å². The average molecular weight is 678 g/mol. The maximum atomic E-state index is 2.42. The van der Waals surface area contributed by atoms with Gasteiger partial charge in [-0.15, -0.1) is 11.3 Å². The monoisotopic (exact) mass is 677 g/mol. The number of hydrogen-bond donors (Lipinski definition) is 0. The van der Waals surface area contributed by atoms with Gasteiger partial charge in [0.15, 0.2) is 0 Å². The Bertz CT molecular complexity index is 3180. The van der Waals surface area contributed by atoms with Crippen molar-refractivity contribution in [3.63, 3.8) is 0 Å². The Morgan fingerprint density at radius 1 is 0.288 bits per heavy atom. The first kappa shape index (κ1) is 29.3. The van der Waals surface area contributed by atoms with Crippen molar-refractivity contribution in [2.24, 2.45) is 0 Å². The molecule has 242 valence electrons. The number of benzene rings is 9. The first-order chi connectivity index (χ1) is 25.7. The van der Waals surface area contributed by atoms with Crippen LogP contribution in [0.2, 0.25) is 0 Å². The van der Waals surface area contributed by atoms with Crippen LogP contribution < -0.4 is 0 Å². The van der Waals surface area contributed by atoms with Crippen LogP contribution in [0.3, 0.4) is 0 Å². The maximum Gasteiger partial charge on any atom is 0.0541 e. The van der Waals surface area contributed by atoms with Gasteiger partial charge in [-0.3, -0.25) is 0 Å². The van der Waals surface area contributed by atoms with E-state index in [-0.39, 0.29) is 0 Å². The predicted octanol–water partition coefficient (Wildman–Crippen LogP) is 14.5. The predicted molar refractivity (Wildman–Crippen MR) is 225 cm³/mol. The molecule has 2 heteroatoms. The van der Waals surface area contributed by atoms with Crippen LogP contribution in [0, 0.1) is 0 Å². The molecule has 0 amide bonds. The molecule has 0 saturated carbocycles. The van der Waals surface area contributed by atoms with E-state index < -0.39 is 0 Å². The normalized spacial score (nSPS) is 11.8. The Balaban J connectivity index is 0.931. The minimum absolute atomic E-state index is 1.19. The van der Waals surface area contributed by atoms with Gasteiger partial charge in [0.25, 0.3) is 0 Å². The van der Waals surface area contributed by atoms with Crippen LogP contribution in [0.1, 0.15) is 0 Å². The quantitative estimate of drug-likeness (QED) is 0.175. The lowest BCUT2D eigenvalue weighted by molar-refractivity contribution is 1.19. The van der Waals surface area contributed by atoms with Crippen molar-refractivity contribution in [1.82, 2.24) is 4.57 Å². The summed E-state index contributed by atoms with van der Waals surface area (Å²) in [5.74, 6) is 0. The molecule has 0 saturated heterocycles. The second kappa shape index (κ2) is 11.5. The number of hydrogen-bond acceptors (Lipinski definition) is 1. The van der Waals surface area contributed by atoms with Gasteiger partial charge in [0, 0.05) is 36.6 Å². The lowest BCUT2D eigenvalue weighted by atomic mass is 9.95. The van der Waals surface area contributed by atoms with Crippen molar-refractivity contribution < 1.29 is 0 Å². The summed E-state index contributed by atoms with van der Waals surface area (Å²) in [6, 6.07) is 69.3. The molecule has 2 heterocycles. The summed E-state index contributed by atoms with van der Waals surface area (Å²) in [4.78, 5) is 0. The maximum absolute atomic E-state index is 2.42. The molecule has 0 spiro atoms. The molecule has 11 rings (SSSR count). The molecule has 0 aliphatic carbocycles. The molecule has 0 radical (unpaired) electrons. The van der Waals surface area contributed by atoms with Crippen molar-refractivity contribution in [2.75, 3.05) is 0 Å². The molecule has 11 aromatic rings. The second-order valence-electron chi connectivity index (χ2n) is 13.8. The van der Waals surface area contributed by atoms with E-state index in [4.69, 9.17) is 0 Å². The lowest BCUT2D eigenvalue weighted by Crippen LogP contribution is -1.93. The molecule has 52 heavy (non-hydrogen) atoms. The Morgan fingerprint density at radius 2 is 0.788 bits per heavy atom. The standard InChI is InChI=1S/C50H31NS/c1-2-8-35-27-37(18-17-32(35)7-1)40-22-21-38-28-36(19-20-39(38)29-40)33-13-15-34(16-14-33)41-23-25-48-45(30-41)43-9-3-5-11-47(43)51(48)42-24-26-50-46(31-42)44-10-4-6-12-49(44)52-50/h1-31H. The first-order valence-corrected chi connectivity index (χ1v) is 18.6. The number of para-hydroxylation sites is 1. The number of rotatable bonds is 4. The summed E-state index contributed by atoms with van der Waals surface area (Å²) in [6.07, 6.45) is 0. The van der Waals surface area contributed by atoms with Gasteiger partial charge in [-0.2, -0.15) is 0 Å². The summed E-state index contributed by atoms with van der Waals surface area (Å²) in [6.45, 7) is 0. The summed E-state index contributed by atoms with van der Waals surface area (Å²) in [7, 11) is 0. The zero-order chi connectivity index (χ0) is 34.2. The Morgan fingerprint density at radius 3 is 1.54 bits per heavy atom. The van der Waals surface area contributed by atoms with Gasteiger partial charge in [-0.25, -0.2) is 0 Å². The van der Waals surface area contributed by atoms with Gasteiger partial charge in [0.2, 0.25) is 0 Å². The summed E-state index contributed by atoms with van der Waals surface area (Å²) in [5.41, 5.74) is 11.0. The second-order valence-corrected chi connectivity index (χ2v) is 14.9. The van der Waals surface area contributed by atoms with Gasteiger partial charge >= 0.3 is 0 Å². The highest BCUT2D eigenvalue weighted by Crippen LogP contribution is 2.39. The van der Waals surface area contributed by atoms with Gasteiger partial charge in [-0.1, -0.05) is 127 Å². The van der Waals surface area contributed by atoms with Crippen LogP contribution in [0.15, 0.2) is 188 Å². The van der Waals surface area contributed by atoms with E-state index in [1.807, 2.05) is 11.3 Å². The van der Waals surface area contributed by atoms with Crippen LogP contribution in [0.5, 0.6) is 0 Å². The van der Waals surface area contributed by atoms with E-state index in [9.17, 15) is 0 Å². The van der Waals surface area contributed by atoms with Crippen LogP contribution in [0.4, 0.5) is 0 Å². The van der Waals surface area contributed by atoms with E-state index >= 15 is 0 Å². The van der Waals surface area contributed by atoms with Gasteiger partial charge in [0.1, 0.15) is 0 Å². The number of nitrogens with zero attached hydrogens (tertiary/aromatic N) is 1. The van der Waals surface area contributed by atoms with E-state index in [0.29, 0.717) is 0 Å². The van der Waals surface area contributed by atoms with Gasteiger partial charge in [0.05, 0.1) is 11.0 Å². The highest BCUT2D eigenvalue weighted by Gasteiger charge is 2.15. The first-order valence-electron chi connectivity index (χ1n) is 17.8. The van der Waals surface area contributed by atoms with Crippen LogP contribution in [-0.4, -0.2) is 4.57 Å². The molecule has 1 nitrogen and oxygen atoms in total. The third-order valence-electron chi connectivity index (χ3n) is 10.8. The Hall–Kier alpha value is -6.48. The molecule has 0 aliphatic heterocycles. The number of thiophene rings is 1.